The third-order valence-electron chi connectivity index (χ3n) is 7.74. The normalized spacial score (nSPS) is 41.5. The highest BCUT2D eigenvalue weighted by Gasteiger charge is 2.45. The van der Waals surface area contributed by atoms with Crippen molar-refractivity contribution in [3.05, 3.63) is 95.2 Å². The largest absolute Gasteiger partial charge is 0.0839 e. The van der Waals surface area contributed by atoms with Gasteiger partial charge >= 0.3 is 0 Å². The highest BCUT2D eigenvalue weighted by molar-refractivity contribution is 5.50. The smallest absolute Gasteiger partial charge is 0.00298 e. The van der Waals surface area contributed by atoms with Gasteiger partial charge in [-0.1, -0.05) is 72.9 Å². The van der Waals surface area contributed by atoms with Crippen LogP contribution in [0.3, 0.4) is 0 Å². The van der Waals surface area contributed by atoms with E-state index < -0.39 is 0 Å². The monoisotopic (exact) mass is 338 g/mol. The standard InChI is InChI=1S/C26H26/c1-3-9-19-17(7-1)15-25-21(19)11-5-13-23(25)24-14-6-12-22-20-10-4-2-8-18(20)16-26(22)24/h1-12,17-18,23-26H,13-16H2. The summed E-state index contributed by atoms with van der Waals surface area (Å²) in [6.07, 6.45) is 33.6. The molecule has 6 aliphatic carbocycles. The summed E-state index contributed by atoms with van der Waals surface area (Å²) in [5, 5.41) is 0. The summed E-state index contributed by atoms with van der Waals surface area (Å²) >= 11 is 0. The van der Waals surface area contributed by atoms with Gasteiger partial charge in [-0.25, -0.2) is 0 Å². The Balaban J connectivity index is 1.36. The Labute approximate surface area is 156 Å². The second-order valence-electron chi connectivity index (χ2n) is 8.81. The van der Waals surface area contributed by atoms with Crippen molar-refractivity contribution in [1.82, 2.24) is 0 Å². The van der Waals surface area contributed by atoms with E-state index in [-0.39, 0.29) is 0 Å². The van der Waals surface area contributed by atoms with Gasteiger partial charge in [0.05, 0.1) is 0 Å². The fourth-order valence-corrected chi connectivity index (χ4v) is 6.66. The molecule has 0 radical (unpaired) electrons. The molecule has 6 rings (SSSR count). The van der Waals surface area contributed by atoms with E-state index in [0.717, 1.165) is 23.7 Å². The van der Waals surface area contributed by atoms with Gasteiger partial charge in [-0.05, 0) is 71.6 Å². The van der Waals surface area contributed by atoms with Gasteiger partial charge in [0.2, 0.25) is 0 Å². The maximum absolute atomic E-state index is 2.48. The molecule has 0 heteroatoms. The average Bonchev–Trinajstić information content (AvgIpc) is 3.26. The van der Waals surface area contributed by atoms with Crippen LogP contribution in [0.5, 0.6) is 0 Å². The van der Waals surface area contributed by atoms with Crippen molar-refractivity contribution in [2.24, 2.45) is 35.5 Å². The first-order valence-electron chi connectivity index (χ1n) is 10.4. The molecular formula is C26H26. The van der Waals surface area contributed by atoms with Gasteiger partial charge in [0.1, 0.15) is 0 Å². The summed E-state index contributed by atoms with van der Waals surface area (Å²) < 4.78 is 0. The molecule has 6 aliphatic rings. The number of hydrogen-bond acceptors (Lipinski definition) is 0. The predicted molar refractivity (Wildman–Crippen MR) is 108 cm³/mol. The summed E-state index contributed by atoms with van der Waals surface area (Å²) in [6.45, 7) is 0. The zero-order valence-electron chi connectivity index (χ0n) is 15.2. The molecule has 130 valence electrons. The lowest BCUT2D eigenvalue weighted by molar-refractivity contribution is 0.185. The van der Waals surface area contributed by atoms with Gasteiger partial charge in [-0.3, -0.25) is 0 Å². The van der Waals surface area contributed by atoms with Gasteiger partial charge < -0.3 is 0 Å². The molecule has 0 heterocycles. The highest BCUT2D eigenvalue weighted by Crippen LogP contribution is 2.55. The Kier molecular flexibility index (Phi) is 3.30. The van der Waals surface area contributed by atoms with E-state index in [2.05, 4.69) is 72.9 Å². The Morgan fingerprint density at radius 2 is 1.04 bits per heavy atom. The molecule has 0 saturated heterocycles. The number of hydrogen-bond donors (Lipinski definition) is 0. The minimum absolute atomic E-state index is 0.666. The topological polar surface area (TPSA) is 0 Å². The molecule has 0 spiro atoms. The molecule has 0 fully saturated rings. The van der Waals surface area contributed by atoms with Gasteiger partial charge in [0.25, 0.3) is 0 Å². The molecule has 0 nitrogen and oxygen atoms in total. The second-order valence-corrected chi connectivity index (χ2v) is 8.81. The summed E-state index contributed by atoms with van der Waals surface area (Å²) in [7, 11) is 0. The first-order chi connectivity index (χ1) is 12.9. The fourth-order valence-electron chi connectivity index (χ4n) is 6.66. The highest BCUT2D eigenvalue weighted by atomic mass is 14.5. The van der Waals surface area contributed by atoms with Crippen molar-refractivity contribution >= 4 is 0 Å². The van der Waals surface area contributed by atoms with E-state index in [4.69, 9.17) is 0 Å². The third-order valence-corrected chi connectivity index (χ3v) is 7.74. The van der Waals surface area contributed by atoms with Crippen LogP contribution in [0.4, 0.5) is 0 Å². The van der Waals surface area contributed by atoms with E-state index in [0.29, 0.717) is 11.8 Å². The summed E-state index contributed by atoms with van der Waals surface area (Å²) in [6, 6.07) is 0. The first-order valence-corrected chi connectivity index (χ1v) is 10.4. The Hall–Kier alpha value is -2.08. The average molecular weight is 338 g/mol. The zero-order chi connectivity index (χ0) is 17.1. The number of fused-ring (bicyclic) bond motifs is 4. The molecule has 0 aromatic rings. The lowest BCUT2D eigenvalue weighted by Crippen LogP contribution is -2.32. The number of allylic oxidation sites excluding steroid dienone is 16. The van der Waals surface area contributed by atoms with Crippen molar-refractivity contribution in [2.75, 3.05) is 0 Å². The SMILES string of the molecule is C1=CC2=C3C=CCC(C4CC=CC5=C6C=CC=CC6CC54)C3CC2C=C1. The lowest BCUT2D eigenvalue weighted by Gasteiger charge is -2.40. The molecule has 0 aromatic carbocycles. The predicted octanol–water partition coefficient (Wildman–Crippen LogP) is 6.26. The van der Waals surface area contributed by atoms with Crippen molar-refractivity contribution < 1.29 is 0 Å². The summed E-state index contributed by atoms with van der Waals surface area (Å²) in [5.74, 6) is 4.49. The Morgan fingerprint density at radius 1 is 0.538 bits per heavy atom. The fraction of sp³-hybridized carbons (Fsp3) is 0.385. The maximum atomic E-state index is 2.48. The molecule has 6 unspecified atom stereocenters. The van der Waals surface area contributed by atoms with E-state index in [1.165, 1.54) is 25.7 Å². The van der Waals surface area contributed by atoms with Crippen molar-refractivity contribution in [2.45, 2.75) is 25.7 Å². The van der Waals surface area contributed by atoms with Crippen molar-refractivity contribution in [1.29, 1.82) is 0 Å². The molecule has 0 bridgehead atoms. The molecule has 6 atom stereocenters. The lowest BCUT2D eigenvalue weighted by atomic mass is 9.64. The van der Waals surface area contributed by atoms with Crippen LogP contribution in [0.25, 0.3) is 0 Å². The summed E-state index contributed by atoms with van der Waals surface area (Å²) in [4.78, 5) is 0. The van der Waals surface area contributed by atoms with Crippen LogP contribution in [-0.4, -0.2) is 0 Å². The van der Waals surface area contributed by atoms with Gasteiger partial charge in [-0.15, -0.1) is 0 Å². The van der Waals surface area contributed by atoms with Crippen LogP contribution in [0.15, 0.2) is 95.2 Å². The minimum Gasteiger partial charge on any atom is -0.0839 e. The van der Waals surface area contributed by atoms with E-state index >= 15 is 0 Å². The van der Waals surface area contributed by atoms with Gasteiger partial charge in [0.15, 0.2) is 0 Å². The van der Waals surface area contributed by atoms with Gasteiger partial charge in [-0.2, -0.15) is 0 Å². The van der Waals surface area contributed by atoms with Crippen LogP contribution in [0.2, 0.25) is 0 Å². The van der Waals surface area contributed by atoms with E-state index in [9.17, 15) is 0 Å². The Bertz CT molecular complexity index is 805. The molecule has 0 amide bonds. The van der Waals surface area contributed by atoms with Crippen LogP contribution < -0.4 is 0 Å². The van der Waals surface area contributed by atoms with Crippen molar-refractivity contribution in [3.63, 3.8) is 0 Å². The second kappa shape index (κ2) is 5.71. The van der Waals surface area contributed by atoms with Gasteiger partial charge in [0, 0.05) is 11.8 Å². The van der Waals surface area contributed by atoms with Crippen LogP contribution in [0.1, 0.15) is 25.7 Å². The molecule has 0 N–H and O–H groups in total. The van der Waals surface area contributed by atoms with Crippen LogP contribution >= 0.6 is 0 Å². The first kappa shape index (κ1) is 15.0. The van der Waals surface area contributed by atoms with Crippen LogP contribution in [-0.2, 0) is 0 Å². The van der Waals surface area contributed by atoms with E-state index in [1.807, 2.05) is 0 Å². The molecule has 0 aliphatic heterocycles. The quantitative estimate of drug-likeness (QED) is 0.529. The summed E-state index contributed by atoms with van der Waals surface area (Å²) in [5.41, 5.74) is 6.53. The van der Waals surface area contributed by atoms with E-state index in [1.54, 1.807) is 22.3 Å². The molecule has 26 heavy (non-hydrogen) atoms. The molecular weight excluding hydrogens is 312 g/mol. The molecule has 0 saturated carbocycles. The Morgan fingerprint density at radius 3 is 1.54 bits per heavy atom. The third kappa shape index (κ3) is 2.08. The zero-order valence-corrected chi connectivity index (χ0v) is 15.2. The molecule has 0 aromatic heterocycles. The minimum atomic E-state index is 0.666. The van der Waals surface area contributed by atoms with Crippen molar-refractivity contribution in [3.8, 4) is 0 Å². The number of rotatable bonds is 1. The maximum Gasteiger partial charge on any atom is 0.00298 e. The van der Waals surface area contributed by atoms with Crippen LogP contribution in [0, 0.1) is 35.5 Å².